The summed E-state index contributed by atoms with van der Waals surface area (Å²) in [6.45, 7) is 0.753. The minimum absolute atomic E-state index is 0.649. The second kappa shape index (κ2) is 4.75. The largest absolute Gasteiger partial charge is 0.397 e. The van der Waals surface area contributed by atoms with Crippen molar-refractivity contribution in [1.29, 1.82) is 0 Å². The number of aromatic nitrogens is 3. The second-order valence-electron chi connectivity index (χ2n) is 3.95. The van der Waals surface area contributed by atoms with Crippen LogP contribution in [0.4, 0.5) is 11.5 Å². The van der Waals surface area contributed by atoms with Gasteiger partial charge in [-0.25, -0.2) is 4.98 Å². The van der Waals surface area contributed by atoms with E-state index in [2.05, 4.69) is 26.0 Å². The van der Waals surface area contributed by atoms with Crippen LogP contribution in [0, 0.1) is 0 Å². The summed E-state index contributed by atoms with van der Waals surface area (Å²) in [5, 5.41) is 4.14. The maximum absolute atomic E-state index is 5.66. The molecule has 2 N–H and O–H groups in total. The number of nitrogens with zero attached hydrogens (tertiary/aromatic N) is 4. The molecular formula is C11H14BrN5. The molecule has 0 aliphatic carbocycles. The number of hydrogen-bond donors (Lipinski definition) is 1. The van der Waals surface area contributed by atoms with Gasteiger partial charge in [0.15, 0.2) is 0 Å². The smallest absolute Gasteiger partial charge is 0.143 e. The van der Waals surface area contributed by atoms with Crippen molar-refractivity contribution in [2.24, 2.45) is 7.05 Å². The molecule has 17 heavy (non-hydrogen) atoms. The summed E-state index contributed by atoms with van der Waals surface area (Å²) in [6.07, 6.45) is 5.49. The Labute approximate surface area is 108 Å². The molecule has 0 saturated heterocycles. The molecule has 0 fully saturated rings. The summed E-state index contributed by atoms with van der Waals surface area (Å²) < 4.78 is 2.68. The van der Waals surface area contributed by atoms with Crippen molar-refractivity contribution in [3.8, 4) is 0 Å². The molecule has 0 aliphatic rings. The zero-order chi connectivity index (χ0) is 12.4. The van der Waals surface area contributed by atoms with Gasteiger partial charge in [0.2, 0.25) is 0 Å². The molecule has 0 unspecified atom stereocenters. The van der Waals surface area contributed by atoms with E-state index in [4.69, 9.17) is 5.73 Å². The molecule has 2 heterocycles. The Balaban J connectivity index is 2.17. The Morgan fingerprint density at radius 2 is 2.24 bits per heavy atom. The van der Waals surface area contributed by atoms with Crippen LogP contribution >= 0.6 is 15.9 Å². The molecule has 0 aliphatic heterocycles. The molecule has 90 valence electrons. The van der Waals surface area contributed by atoms with Crippen molar-refractivity contribution in [2.75, 3.05) is 17.7 Å². The highest BCUT2D eigenvalue weighted by molar-refractivity contribution is 9.10. The molecule has 0 aromatic carbocycles. The lowest BCUT2D eigenvalue weighted by Gasteiger charge is -2.18. The highest BCUT2D eigenvalue weighted by Gasteiger charge is 2.09. The third-order valence-corrected chi connectivity index (χ3v) is 2.97. The molecule has 0 radical (unpaired) electrons. The first-order chi connectivity index (χ1) is 8.06. The van der Waals surface area contributed by atoms with Gasteiger partial charge in [0.1, 0.15) is 5.82 Å². The van der Waals surface area contributed by atoms with E-state index in [0.29, 0.717) is 5.69 Å². The van der Waals surface area contributed by atoms with Gasteiger partial charge in [0.25, 0.3) is 0 Å². The Kier molecular flexibility index (Phi) is 3.33. The van der Waals surface area contributed by atoms with Crippen LogP contribution < -0.4 is 10.6 Å². The molecule has 6 heteroatoms. The molecule has 2 rings (SSSR count). The van der Waals surface area contributed by atoms with Crippen LogP contribution in [0.15, 0.2) is 29.1 Å². The Morgan fingerprint density at radius 1 is 1.47 bits per heavy atom. The SMILES string of the molecule is CN(Cc1cnn(C)c1)c1ncc(N)cc1Br. The van der Waals surface area contributed by atoms with Crippen molar-refractivity contribution in [1.82, 2.24) is 14.8 Å². The quantitative estimate of drug-likeness (QED) is 0.938. The van der Waals surface area contributed by atoms with Gasteiger partial charge in [0.05, 0.1) is 22.6 Å². The summed E-state index contributed by atoms with van der Waals surface area (Å²) in [5.41, 5.74) is 7.45. The van der Waals surface area contributed by atoms with Crippen molar-refractivity contribution in [2.45, 2.75) is 6.54 Å². The van der Waals surface area contributed by atoms with Crippen molar-refractivity contribution in [3.63, 3.8) is 0 Å². The first-order valence-corrected chi connectivity index (χ1v) is 5.95. The van der Waals surface area contributed by atoms with Gasteiger partial charge < -0.3 is 10.6 Å². The molecule has 0 bridgehead atoms. The molecule has 0 spiro atoms. The Hall–Kier alpha value is -1.56. The highest BCUT2D eigenvalue weighted by atomic mass is 79.9. The van der Waals surface area contributed by atoms with E-state index in [0.717, 1.165) is 22.4 Å². The van der Waals surface area contributed by atoms with E-state index in [-0.39, 0.29) is 0 Å². The summed E-state index contributed by atoms with van der Waals surface area (Å²) in [5.74, 6) is 0.864. The monoisotopic (exact) mass is 295 g/mol. The summed E-state index contributed by atoms with van der Waals surface area (Å²) in [7, 11) is 3.89. The number of nitrogens with two attached hydrogens (primary N) is 1. The van der Waals surface area contributed by atoms with Crippen LogP contribution in [0.1, 0.15) is 5.56 Å². The zero-order valence-electron chi connectivity index (χ0n) is 9.76. The van der Waals surface area contributed by atoms with E-state index in [1.54, 1.807) is 10.9 Å². The van der Waals surface area contributed by atoms with E-state index in [1.165, 1.54) is 0 Å². The maximum Gasteiger partial charge on any atom is 0.143 e. The normalized spacial score (nSPS) is 10.5. The molecule has 0 amide bonds. The van der Waals surface area contributed by atoms with E-state index in [9.17, 15) is 0 Å². The molecule has 2 aromatic rings. The van der Waals surface area contributed by atoms with Crippen LogP contribution in [-0.2, 0) is 13.6 Å². The van der Waals surface area contributed by atoms with Gasteiger partial charge in [-0.15, -0.1) is 0 Å². The van der Waals surface area contributed by atoms with Gasteiger partial charge in [0, 0.05) is 32.4 Å². The first-order valence-electron chi connectivity index (χ1n) is 5.16. The zero-order valence-corrected chi connectivity index (χ0v) is 11.3. The summed E-state index contributed by atoms with van der Waals surface area (Å²) in [6, 6.07) is 1.85. The van der Waals surface area contributed by atoms with Gasteiger partial charge >= 0.3 is 0 Å². The van der Waals surface area contributed by atoms with Crippen LogP contribution in [0.5, 0.6) is 0 Å². The number of halogens is 1. The van der Waals surface area contributed by atoms with E-state index < -0.39 is 0 Å². The Morgan fingerprint density at radius 3 is 2.82 bits per heavy atom. The number of aryl methyl sites for hydroxylation is 1. The van der Waals surface area contributed by atoms with Crippen molar-refractivity contribution in [3.05, 3.63) is 34.7 Å². The van der Waals surface area contributed by atoms with Gasteiger partial charge in [-0.3, -0.25) is 4.68 Å². The summed E-state index contributed by atoms with van der Waals surface area (Å²) >= 11 is 3.46. The highest BCUT2D eigenvalue weighted by Crippen LogP contribution is 2.25. The minimum atomic E-state index is 0.649. The van der Waals surface area contributed by atoms with E-state index >= 15 is 0 Å². The van der Waals surface area contributed by atoms with Crippen LogP contribution in [0.3, 0.4) is 0 Å². The van der Waals surface area contributed by atoms with Crippen LogP contribution in [-0.4, -0.2) is 21.8 Å². The second-order valence-corrected chi connectivity index (χ2v) is 4.81. The lowest BCUT2D eigenvalue weighted by molar-refractivity contribution is 0.766. The topological polar surface area (TPSA) is 60.0 Å². The van der Waals surface area contributed by atoms with E-state index in [1.807, 2.05) is 37.5 Å². The van der Waals surface area contributed by atoms with Crippen molar-refractivity contribution < 1.29 is 0 Å². The predicted octanol–water partition coefficient (Wildman–Crippen LogP) is 1.80. The lowest BCUT2D eigenvalue weighted by atomic mass is 10.3. The standard InChI is InChI=1S/C11H14BrN5/c1-16(6-8-4-15-17(2)7-8)11-10(12)3-9(13)5-14-11/h3-5,7H,6,13H2,1-2H3. The van der Waals surface area contributed by atoms with Crippen molar-refractivity contribution >= 4 is 27.4 Å². The molecule has 5 nitrogen and oxygen atoms in total. The fraction of sp³-hybridized carbons (Fsp3) is 0.273. The fourth-order valence-electron chi connectivity index (χ4n) is 1.63. The number of hydrogen-bond acceptors (Lipinski definition) is 4. The minimum Gasteiger partial charge on any atom is -0.397 e. The third-order valence-electron chi connectivity index (χ3n) is 2.38. The predicted molar refractivity (Wildman–Crippen MR) is 71.7 cm³/mol. The molecular weight excluding hydrogens is 282 g/mol. The first kappa shape index (κ1) is 11.9. The summed E-state index contributed by atoms with van der Waals surface area (Å²) in [4.78, 5) is 6.35. The maximum atomic E-state index is 5.66. The molecule has 0 atom stereocenters. The van der Waals surface area contributed by atoms with Crippen LogP contribution in [0.25, 0.3) is 0 Å². The Bertz CT molecular complexity index is 522. The fourth-order valence-corrected chi connectivity index (χ4v) is 2.30. The van der Waals surface area contributed by atoms with Gasteiger partial charge in [-0.2, -0.15) is 5.10 Å². The lowest BCUT2D eigenvalue weighted by Crippen LogP contribution is -2.18. The number of anilines is 2. The molecule has 0 saturated carbocycles. The third kappa shape index (κ3) is 2.76. The number of rotatable bonds is 3. The average Bonchev–Trinajstić information content (AvgIpc) is 2.63. The van der Waals surface area contributed by atoms with Gasteiger partial charge in [-0.1, -0.05) is 0 Å². The average molecular weight is 296 g/mol. The number of pyridine rings is 1. The molecule has 2 aromatic heterocycles. The van der Waals surface area contributed by atoms with Crippen LogP contribution in [0.2, 0.25) is 0 Å². The number of nitrogen functional groups attached to an aromatic ring is 1. The van der Waals surface area contributed by atoms with Gasteiger partial charge in [-0.05, 0) is 22.0 Å².